The van der Waals surface area contributed by atoms with E-state index < -0.39 is 0 Å². The lowest BCUT2D eigenvalue weighted by molar-refractivity contribution is -0.263. The number of aliphatic hydroxyl groups is 1. The van der Waals surface area contributed by atoms with Gasteiger partial charge in [-0.1, -0.05) is 55.4 Å². The monoisotopic (exact) mass is 428 g/mol. The van der Waals surface area contributed by atoms with Crippen LogP contribution in [0.15, 0.2) is 0 Å². The molecule has 0 amide bonds. The highest BCUT2D eigenvalue weighted by molar-refractivity contribution is 5.19. The van der Waals surface area contributed by atoms with Crippen molar-refractivity contribution in [2.45, 2.75) is 132 Å². The van der Waals surface area contributed by atoms with Gasteiger partial charge in [-0.15, -0.1) is 0 Å². The Labute approximate surface area is 193 Å². The van der Waals surface area contributed by atoms with E-state index in [0.717, 1.165) is 24.2 Å². The predicted molar refractivity (Wildman–Crippen MR) is 131 cm³/mol. The minimum Gasteiger partial charge on any atom is -0.393 e. The van der Waals surface area contributed by atoms with E-state index in [1.807, 2.05) is 0 Å². The van der Waals surface area contributed by atoms with E-state index in [4.69, 9.17) is 0 Å². The van der Waals surface area contributed by atoms with E-state index in [-0.39, 0.29) is 6.10 Å². The fourth-order valence-corrected chi connectivity index (χ4v) is 11.4. The largest absolute Gasteiger partial charge is 0.393 e. The van der Waals surface area contributed by atoms with Crippen molar-refractivity contribution in [1.29, 1.82) is 0 Å². The summed E-state index contributed by atoms with van der Waals surface area (Å²) < 4.78 is 0. The van der Waals surface area contributed by atoms with Gasteiger partial charge in [-0.2, -0.15) is 0 Å². The molecular formula is C30H52O. The molecule has 5 fully saturated rings. The average Bonchev–Trinajstić information content (AvgIpc) is 2.69. The minimum atomic E-state index is -0.0781. The van der Waals surface area contributed by atoms with Gasteiger partial charge < -0.3 is 5.11 Å². The molecule has 31 heavy (non-hydrogen) atoms. The van der Waals surface area contributed by atoms with Gasteiger partial charge in [0.1, 0.15) is 0 Å². The lowest BCUT2D eigenvalue weighted by atomic mass is 9.30. The summed E-state index contributed by atoms with van der Waals surface area (Å²) in [5.41, 5.74) is 2.88. The third-order valence-electron chi connectivity index (χ3n) is 13.9. The van der Waals surface area contributed by atoms with E-state index in [1.54, 1.807) is 0 Å². The van der Waals surface area contributed by atoms with Crippen molar-refractivity contribution in [1.82, 2.24) is 0 Å². The molecule has 0 heterocycles. The molecule has 0 aromatic rings. The maximum atomic E-state index is 10.7. The molecule has 1 nitrogen and oxygen atoms in total. The first kappa shape index (κ1) is 22.7. The van der Waals surface area contributed by atoms with Crippen LogP contribution in [0.25, 0.3) is 0 Å². The molecule has 0 radical (unpaired) electrons. The molecule has 0 aliphatic heterocycles. The highest BCUT2D eigenvalue weighted by atomic mass is 16.3. The van der Waals surface area contributed by atoms with E-state index in [9.17, 15) is 5.11 Å². The maximum Gasteiger partial charge on any atom is 0.0571 e. The molecule has 5 rings (SSSR count). The zero-order valence-electron chi connectivity index (χ0n) is 22.1. The van der Waals surface area contributed by atoms with Gasteiger partial charge in [-0.3, -0.25) is 0 Å². The minimum absolute atomic E-state index is 0.0781. The number of hydrogen-bond donors (Lipinski definition) is 1. The van der Waals surface area contributed by atoms with Crippen molar-refractivity contribution < 1.29 is 5.11 Å². The van der Waals surface area contributed by atoms with Crippen molar-refractivity contribution in [3.63, 3.8) is 0 Å². The average molecular weight is 429 g/mol. The normalized spacial score (nSPS) is 60.9. The first-order valence-electron chi connectivity index (χ1n) is 13.9. The van der Waals surface area contributed by atoms with Gasteiger partial charge >= 0.3 is 0 Å². The number of rotatable bonds is 0. The second-order valence-corrected chi connectivity index (χ2v) is 15.5. The fourth-order valence-electron chi connectivity index (χ4n) is 11.4. The zero-order valence-corrected chi connectivity index (χ0v) is 22.1. The van der Waals surface area contributed by atoms with E-state index in [0.29, 0.717) is 38.4 Å². The van der Waals surface area contributed by atoms with Gasteiger partial charge in [0, 0.05) is 0 Å². The Balaban J connectivity index is 1.54. The van der Waals surface area contributed by atoms with Crippen LogP contribution in [0.5, 0.6) is 0 Å². The molecule has 0 bridgehead atoms. The smallest absolute Gasteiger partial charge is 0.0571 e. The molecule has 5 aliphatic rings. The van der Waals surface area contributed by atoms with E-state index >= 15 is 0 Å². The Bertz CT molecular complexity index is 741. The topological polar surface area (TPSA) is 20.2 Å². The van der Waals surface area contributed by atoms with Crippen molar-refractivity contribution in [2.24, 2.45) is 56.2 Å². The standard InChI is InChI=1S/C30H52O/c1-20-21(31)9-10-22-27(20,5)12-11-23-28(22,6)16-18-30(8)24-19-25(2,3)13-14-26(24,4)15-17-29(23,30)7/h20-24,31H,9-19H2,1-8H3/t20-,21-,22+,23+,24+,26+,27+,28-,29+,30-/m0/s1. The molecule has 178 valence electrons. The lowest BCUT2D eigenvalue weighted by Gasteiger charge is -2.75. The predicted octanol–water partition coefficient (Wildman–Crippen LogP) is 8.25. The highest BCUT2D eigenvalue weighted by Gasteiger charge is 2.70. The highest BCUT2D eigenvalue weighted by Crippen LogP contribution is 2.78. The van der Waals surface area contributed by atoms with Gasteiger partial charge in [0.05, 0.1) is 6.10 Å². The lowest BCUT2D eigenvalue weighted by Crippen LogP contribution is -2.67. The van der Waals surface area contributed by atoms with E-state index in [1.165, 1.54) is 64.2 Å². The summed E-state index contributed by atoms with van der Waals surface area (Å²) >= 11 is 0. The summed E-state index contributed by atoms with van der Waals surface area (Å²) in [7, 11) is 0. The number of fused-ring (bicyclic) bond motifs is 7. The third kappa shape index (κ3) is 2.77. The molecule has 5 aliphatic carbocycles. The Kier molecular flexibility index (Phi) is 4.80. The number of hydrogen-bond acceptors (Lipinski definition) is 1. The summed E-state index contributed by atoms with van der Waals surface area (Å²) in [5, 5.41) is 10.7. The first-order chi connectivity index (χ1) is 14.2. The van der Waals surface area contributed by atoms with Crippen molar-refractivity contribution in [2.75, 3.05) is 0 Å². The summed E-state index contributed by atoms with van der Waals surface area (Å²) in [4.78, 5) is 0. The maximum absolute atomic E-state index is 10.7. The molecule has 0 unspecified atom stereocenters. The Morgan fingerprint density at radius 3 is 1.90 bits per heavy atom. The van der Waals surface area contributed by atoms with Crippen LogP contribution in [-0.2, 0) is 0 Å². The van der Waals surface area contributed by atoms with Crippen LogP contribution in [0.2, 0.25) is 0 Å². The van der Waals surface area contributed by atoms with Crippen LogP contribution in [0.1, 0.15) is 126 Å². The molecule has 0 spiro atoms. The van der Waals surface area contributed by atoms with Crippen LogP contribution in [0.3, 0.4) is 0 Å². The number of aliphatic hydroxyl groups excluding tert-OH is 1. The first-order valence-corrected chi connectivity index (χ1v) is 13.9. The fraction of sp³-hybridized carbons (Fsp3) is 1.00. The van der Waals surface area contributed by atoms with Crippen LogP contribution in [0, 0.1) is 56.2 Å². The van der Waals surface area contributed by atoms with Crippen molar-refractivity contribution >= 4 is 0 Å². The molecule has 0 aromatic heterocycles. The van der Waals surface area contributed by atoms with Crippen LogP contribution < -0.4 is 0 Å². The second-order valence-electron chi connectivity index (χ2n) is 15.5. The van der Waals surface area contributed by atoms with Crippen molar-refractivity contribution in [3.8, 4) is 0 Å². The Morgan fingerprint density at radius 1 is 0.581 bits per heavy atom. The van der Waals surface area contributed by atoms with Gasteiger partial charge in [-0.25, -0.2) is 0 Å². The summed E-state index contributed by atoms with van der Waals surface area (Å²) in [5.74, 6) is 3.02. The third-order valence-corrected chi connectivity index (χ3v) is 13.9. The van der Waals surface area contributed by atoms with Crippen LogP contribution in [0.4, 0.5) is 0 Å². The Morgan fingerprint density at radius 2 is 1.19 bits per heavy atom. The Hall–Kier alpha value is -0.0400. The summed E-state index contributed by atoms with van der Waals surface area (Å²) in [6.07, 6.45) is 15.1. The molecule has 10 atom stereocenters. The van der Waals surface area contributed by atoms with Gasteiger partial charge in [0.15, 0.2) is 0 Å². The molecule has 1 N–H and O–H groups in total. The molecule has 0 saturated heterocycles. The SMILES string of the molecule is C[C@H]1[C@@H](O)CC[C@H]2[C@]3(C)CC[C@@]4(C)[C@@H]5CC(C)(C)CC[C@]5(C)CC[C@]4(C)[C@@H]3CC[C@@]21C. The second kappa shape index (κ2) is 6.55. The summed E-state index contributed by atoms with van der Waals surface area (Å²) in [6.45, 7) is 20.9. The molecule has 5 saturated carbocycles. The van der Waals surface area contributed by atoms with Crippen molar-refractivity contribution in [3.05, 3.63) is 0 Å². The van der Waals surface area contributed by atoms with Crippen LogP contribution in [-0.4, -0.2) is 11.2 Å². The molecule has 1 heteroatoms. The quantitative estimate of drug-likeness (QED) is 0.412. The van der Waals surface area contributed by atoms with Gasteiger partial charge in [0.2, 0.25) is 0 Å². The zero-order chi connectivity index (χ0) is 22.7. The van der Waals surface area contributed by atoms with Gasteiger partial charge in [0.25, 0.3) is 0 Å². The van der Waals surface area contributed by atoms with Crippen LogP contribution >= 0.6 is 0 Å². The molecular weight excluding hydrogens is 376 g/mol. The summed E-state index contributed by atoms with van der Waals surface area (Å²) in [6, 6.07) is 0. The van der Waals surface area contributed by atoms with Gasteiger partial charge in [-0.05, 0) is 127 Å². The van der Waals surface area contributed by atoms with E-state index in [2.05, 4.69) is 55.4 Å². The molecule has 0 aromatic carbocycles.